The molecule has 244 valence electrons. The number of rotatable bonds is 3. The highest BCUT2D eigenvalue weighted by Gasteiger charge is 2.44. The van der Waals surface area contributed by atoms with Crippen molar-refractivity contribution in [2.75, 3.05) is 30.3 Å². The van der Waals surface area contributed by atoms with Crippen molar-refractivity contribution in [1.82, 2.24) is 19.5 Å². The Bertz CT molecular complexity index is 1760. The second-order valence-electron chi connectivity index (χ2n) is 13.2. The molecule has 2 aliphatic carbocycles. The van der Waals surface area contributed by atoms with Crippen molar-refractivity contribution in [2.45, 2.75) is 63.1 Å². The van der Waals surface area contributed by atoms with Crippen LogP contribution in [-0.2, 0) is 40.3 Å². The molecule has 1 amide bonds. The van der Waals surface area contributed by atoms with Crippen LogP contribution in [-0.4, -0.2) is 60.6 Å². The minimum atomic E-state index is -3.81. The molecule has 4 aliphatic rings. The summed E-state index contributed by atoms with van der Waals surface area (Å²) in [5.41, 5.74) is 3.37. The number of hydrogen-bond acceptors (Lipinski definition) is 8. The third kappa shape index (κ3) is 6.41. The van der Waals surface area contributed by atoms with E-state index in [9.17, 15) is 13.2 Å². The van der Waals surface area contributed by atoms with Gasteiger partial charge in [-0.2, -0.15) is 5.10 Å². The van der Waals surface area contributed by atoms with E-state index in [4.69, 9.17) is 21.1 Å². The van der Waals surface area contributed by atoms with E-state index < -0.39 is 15.9 Å². The Kier molecular flexibility index (Phi) is 8.58. The predicted octanol–water partition coefficient (Wildman–Crippen LogP) is 4.96. The average molecular weight is 666 g/mol. The molecule has 1 saturated carbocycles. The Balaban J connectivity index is 1.25. The van der Waals surface area contributed by atoms with Crippen molar-refractivity contribution in [3.63, 3.8) is 0 Å². The van der Waals surface area contributed by atoms with Crippen molar-refractivity contribution in [3.05, 3.63) is 82.4 Å². The number of nitrogens with zero attached hydrogens (tertiary/aromatic N) is 4. The van der Waals surface area contributed by atoms with Crippen molar-refractivity contribution in [1.29, 1.82) is 0 Å². The Morgan fingerprint density at radius 1 is 1.17 bits per heavy atom. The minimum absolute atomic E-state index is 0.148. The topological polar surface area (TPSA) is 116 Å². The van der Waals surface area contributed by atoms with Crippen molar-refractivity contribution in [2.24, 2.45) is 18.9 Å². The molecule has 7 rings (SSSR count). The van der Waals surface area contributed by atoms with Gasteiger partial charge >= 0.3 is 0 Å². The summed E-state index contributed by atoms with van der Waals surface area (Å²) < 4.78 is 42.7. The van der Waals surface area contributed by atoms with E-state index in [1.807, 2.05) is 25.3 Å². The summed E-state index contributed by atoms with van der Waals surface area (Å²) in [5, 5.41) is 5.13. The van der Waals surface area contributed by atoms with E-state index in [-0.39, 0.29) is 23.2 Å². The second-order valence-corrected chi connectivity index (χ2v) is 15.5. The molecule has 2 bridgehead atoms. The van der Waals surface area contributed by atoms with E-state index >= 15 is 0 Å². The molecule has 2 aromatic carbocycles. The van der Waals surface area contributed by atoms with E-state index in [0.717, 1.165) is 49.4 Å². The van der Waals surface area contributed by atoms with E-state index in [1.165, 1.54) is 11.1 Å². The van der Waals surface area contributed by atoms with Gasteiger partial charge in [-0.1, -0.05) is 29.8 Å². The second kappa shape index (κ2) is 12.7. The van der Waals surface area contributed by atoms with E-state index in [1.54, 1.807) is 23.1 Å². The lowest BCUT2D eigenvalue weighted by atomic mass is 9.68. The number of sulfonamides is 1. The fourth-order valence-corrected chi connectivity index (χ4v) is 8.85. The quantitative estimate of drug-likeness (QED) is 0.391. The molecule has 1 spiro atoms. The van der Waals surface area contributed by atoms with Crippen molar-refractivity contribution in [3.8, 4) is 5.75 Å². The average Bonchev–Trinajstić information content (AvgIpc) is 3.37. The number of anilines is 1. The van der Waals surface area contributed by atoms with E-state index in [2.05, 4.69) is 37.9 Å². The molecule has 1 aromatic heterocycles. The molecule has 3 aromatic rings. The number of aromatic nitrogens is 3. The first kappa shape index (κ1) is 31.2. The van der Waals surface area contributed by atoms with Crippen molar-refractivity contribution >= 4 is 33.2 Å². The third-order valence-electron chi connectivity index (χ3n) is 10.1. The first-order valence-corrected chi connectivity index (χ1v) is 18.2. The number of halogens is 1. The number of allylic oxidation sites excluding steroid dienone is 1. The maximum atomic E-state index is 13.2. The zero-order valence-corrected chi connectivity index (χ0v) is 27.6. The molecule has 3 heterocycles. The van der Waals surface area contributed by atoms with Gasteiger partial charge in [0, 0.05) is 36.1 Å². The molecule has 2 unspecified atom stereocenters. The molecule has 46 heavy (non-hydrogen) atoms. The summed E-state index contributed by atoms with van der Waals surface area (Å²) in [6.07, 6.45) is 11.6. The first-order valence-electron chi connectivity index (χ1n) is 16.2. The van der Waals surface area contributed by atoms with Gasteiger partial charge in [0.15, 0.2) is 5.82 Å². The normalized spacial score (nSPS) is 28.2. The standard InChI is InChI=1S/C34H40ClN5O5S/c1-39-22-36-32(37-39)19-44-30-7-3-2-4-15-46(42,43)38-33(41)24-9-13-31-29(17-24)40(18-25-8-11-27(25)30)20-34(21-45-31)14-5-6-23-16-26(35)10-12-28(23)34/h3,7,9-10,12-13,16-17,22,25,27,30H,2,4-6,8,11,14-15,18-21H2,1H3,(H,38,41)/b7-3+/t25?,27-,30-,34?/m1/s1. The molecule has 4 atom stereocenters. The summed E-state index contributed by atoms with van der Waals surface area (Å²) in [7, 11) is -1.98. The Morgan fingerprint density at radius 3 is 2.87 bits per heavy atom. The molecular formula is C34H40ClN5O5S. The van der Waals surface area contributed by atoms with Crippen LogP contribution >= 0.6 is 11.6 Å². The number of ether oxygens (including phenoxy) is 2. The fourth-order valence-electron chi connectivity index (χ4n) is 7.61. The first-order chi connectivity index (χ1) is 22.2. The Morgan fingerprint density at radius 2 is 2.07 bits per heavy atom. The largest absolute Gasteiger partial charge is 0.490 e. The summed E-state index contributed by atoms with van der Waals surface area (Å²) in [6, 6.07) is 11.5. The highest BCUT2D eigenvalue weighted by Crippen LogP contribution is 2.47. The van der Waals surface area contributed by atoms with Crippen LogP contribution in [0.15, 0.2) is 54.9 Å². The van der Waals surface area contributed by atoms with Crippen LogP contribution in [0.2, 0.25) is 5.02 Å². The summed E-state index contributed by atoms with van der Waals surface area (Å²) in [4.78, 5) is 20.0. The number of aryl methyl sites for hydroxylation is 2. The SMILES string of the molecule is Cn1cnc(CO[C@@H]2/C=C/CCCS(=O)(=O)NC(=O)c3ccc4c(c3)N(CC3CC[C@H]32)CC2(CCCc3cc(Cl)ccc32)CO4)n1. The molecular weight excluding hydrogens is 626 g/mol. The van der Waals surface area contributed by atoms with Gasteiger partial charge in [0.1, 0.15) is 18.7 Å². The lowest BCUT2D eigenvalue weighted by Gasteiger charge is -2.46. The van der Waals surface area contributed by atoms with Crippen LogP contribution < -0.4 is 14.4 Å². The van der Waals surface area contributed by atoms with Gasteiger partial charge in [0.25, 0.3) is 5.91 Å². The van der Waals surface area contributed by atoms with Gasteiger partial charge < -0.3 is 14.4 Å². The fraction of sp³-hybridized carbons (Fsp3) is 0.500. The number of nitrogens with one attached hydrogen (secondary N) is 1. The molecule has 2 aliphatic heterocycles. The summed E-state index contributed by atoms with van der Waals surface area (Å²) >= 11 is 6.43. The van der Waals surface area contributed by atoms with Crippen LogP contribution in [0.5, 0.6) is 5.75 Å². The maximum Gasteiger partial charge on any atom is 0.264 e. The van der Waals surface area contributed by atoms with Crippen LogP contribution in [0.25, 0.3) is 0 Å². The van der Waals surface area contributed by atoms with E-state index in [0.29, 0.717) is 55.7 Å². The van der Waals surface area contributed by atoms with Crippen LogP contribution in [0.1, 0.15) is 65.8 Å². The number of carbonyl (C=O) groups excluding carboxylic acids is 1. The highest BCUT2D eigenvalue weighted by atomic mass is 35.5. The summed E-state index contributed by atoms with van der Waals surface area (Å²) in [6.45, 7) is 2.27. The zero-order valence-electron chi connectivity index (χ0n) is 26.0. The number of benzene rings is 2. The van der Waals surface area contributed by atoms with Gasteiger partial charge in [0.2, 0.25) is 10.0 Å². The highest BCUT2D eigenvalue weighted by molar-refractivity contribution is 7.90. The summed E-state index contributed by atoms with van der Waals surface area (Å²) in [5.74, 6) is 1.16. The van der Waals surface area contributed by atoms with Crippen LogP contribution in [0.3, 0.4) is 0 Å². The van der Waals surface area contributed by atoms with Gasteiger partial charge in [-0.05, 0) is 98.2 Å². The monoisotopic (exact) mass is 665 g/mol. The number of hydrogen-bond donors (Lipinski definition) is 1. The van der Waals surface area contributed by atoms with Gasteiger partial charge in [0.05, 0.1) is 24.2 Å². The van der Waals surface area contributed by atoms with Crippen LogP contribution in [0, 0.1) is 11.8 Å². The molecule has 12 heteroatoms. The van der Waals surface area contributed by atoms with Crippen LogP contribution in [0.4, 0.5) is 5.69 Å². The zero-order chi connectivity index (χ0) is 31.9. The van der Waals surface area contributed by atoms with Gasteiger partial charge in [-0.15, -0.1) is 0 Å². The van der Waals surface area contributed by atoms with Gasteiger partial charge in [-0.25, -0.2) is 18.1 Å². The predicted molar refractivity (Wildman–Crippen MR) is 176 cm³/mol. The van der Waals surface area contributed by atoms with Crippen molar-refractivity contribution < 1.29 is 22.7 Å². The minimum Gasteiger partial charge on any atom is -0.490 e. The third-order valence-corrected chi connectivity index (χ3v) is 11.6. The number of carbonyl (C=O) groups is 1. The smallest absolute Gasteiger partial charge is 0.264 e. The number of amides is 1. The molecule has 0 radical (unpaired) electrons. The lowest BCUT2D eigenvalue weighted by Crippen LogP contribution is -2.49. The Labute approximate surface area is 275 Å². The van der Waals surface area contributed by atoms with Gasteiger partial charge in [-0.3, -0.25) is 9.48 Å². The molecule has 10 nitrogen and oxygen atoms in total. The lowest BCUT2D eigenvalue weighted by molar-refractivity contribution is -0.0248. The maximum absolute atomic E-state index is 13.2. The molecule has 0 saturated heterocycles. The molecule has 1 fully saturated rings. The molecule has 1 N–H and O–H groups in total. The Hall–Kier alpha value is -3.41. The number of fused-ring (bicyclic) bond motifs is 4.